The first-order valence-corrected chi connectivity index (χ1v) is 4.27. The SMILES string of the molecule is O=C1C=CN=N1.c1ccc2oncc2c1. The Morgan fingerprint density at radius 2 is 2.07 bits per heavy atom. The van der Waals surface area contributed by atoms with Gasteiger partial charge in [0.15, 0.2) is 5.58 Å². The van der Waals surface area contributed by atoms with Gasteiger partial charge in [-0.05, 0) is 12.1 Å². The number of amides is 1. The summed E-state index contributed by atoms with van der Waals surface area (Å²) in [4.78, 5) is 9.90. The standard InChI is InChI=1S/C7H5NO.C3H2N2O/c1-2-4-7-6(3-1)5-8-9-7;6-3-1-2-4-5-3/h1-5H;1-2H. The molecule has 74 valence electrons. The molecule has 3 rings (SSSR count). The van der Waals surface area contributed by atoms with E-state index in [0.717, 1.165) is 11.0 Å². The summed E-state index contributed by atoms with van der Waals surface area (Å²) in [5.41, 5.74) is 0.845. The average molecular weight is 201 g/mol. The van der Waals surface area contributed by atoms with Crippen LogP contribution in [0.15, 0.2) is 57.5 Å². The maximum Gasteiger partial charge on any atom is 0.289 e. The molecule has 0 atom stereocenters. The van der Waals surface area contributed by atoms with Crippen LogP contribution >= 0.6 is 0 Å². The van der Waals surface area contributed by atoms with Gasteiger partial charge in [0.2, 0.25) is 0 Å². The summed E-state index contributed by atoms with van der Waals surface area (Å²) in [6, 6.07) is 7.74. The van der Waals surface area contributed by atoms with Gasteiger partial charge in [-0.1, -0.05) is 17.3 Å². The van der Waals surface area contributed by atoms with Gasteiger partial charge in [0.05, 0.1) is 12.4 Å². The Morgan fingerprint density at radius 1 is 1.20 bits per heavy atom. The summed E-state index contributed by atoms with van der Waals surface area (Å²) in [5.74, 6) is -0.269. The van der Waals surface area contributed by atoms with Crippen LogP contribution in [-0.4, -0.2) is 11.1 Å². The first-order valence-electron chi connectivity index (χ1n) is 4.27. The van der Waals surface area contributed by atoms with Crippen LogP contribution in [0.5, 0.6) is 0 Å². The number of carbonyl (C=O) groups excluding carboxylic acids is 1. The van der Waals surface area contributed by atoms with Crippen molar-refractivity contribution in [1.82, 2.24) is 5.16 Å². The lowest BCUT2D eigenvalue weighted by Gasteiger charge is -1.78. The van der Waals surface area contributed by atoms with Crippen LogP contribution in [0, 0.1) is 0 Å². The fourth-order valence-electron chi connectivity index (χ4n) is 1.03. The molecule has 0 bridgehead atoms. The predicted octanol–water partition coefficient (Wildman–Crippen LogP) is 2.32. The van der Waals surface area contributed by atoms with Gasteiger partial charge in [-0.3, -0.25) is 4.79 Å². The van der Waals surface area contributed by atoms with Crippen molar-refractivity contribution in [2.45, 2.75) is 0 Å². The molecule has 2 aromatic rings. The molecule has 1 amide bonds. The Morgan fingerprint density at radius 3 is 2.67 bits per heavy atom. The number of fused-ring (bicyclic) bond motifs is 1. The zero-order valence-corrected chi connectivity index (χ0v) is 7.70. The molecule has 1 aliphatic rings. The van der Waals surface area contributed by atoms with E-state index in [-0.39, 0.29) is 5.91 Å². The molecule has 0 fully saturated rings. The number of hydrogen-bond donors (Lipinski definition) is 0. The summed E-state index contributed by atoms with van der Waals surface area (Å²) >= 11 is 0. The van der Waals surface area contributed by atoms with Gasteiger partial charge >= 0.3 is 0 Å². The third-order valence-corrected chi connectivity index (χ3v) is 1.70. The van der Waals surface area contributed by atoms with Crippen molar-refractivity contribution < 1.29 is 9.32 Å². The molecule has 1 aromatic carbocycles. The van der Waals surface area contributed by atoms with Crippen LogP contribution in [-0.2, 0) is 4.79 Å². The second-order valence-corrected chi connectivity index (χ2v) is 2.73. The molecule has 1 aliphatic heterocycles. The Kier molecular flexibility index (Phi) is 2.64. The Labute approximate surface area is 85.1 Å². The van der Waals surface area contributed by atoms with Gasteiger partial charge in [0.1, 0.15) is 0 Å². The lowest BCUT2D eigenvalue weighted by atomic mass is 10.3. The van der Waals surface area contributed by atoms with Gasteiger partial charge < -0.3 is 4.52 Å². The highest BCUT2D eigenvalue weighted by molar-refractivity contribution is 5.89. The maximum absolute atomic E-state index is 9.90. The van der Waals surface area contributed by atoms with Crippen LogP contribution in [0.2, 0.25) is 0 Å². The minimum absolute atomic E-state index is 0.269. The monoisotopic (exact) mass is 201 g/mol. The Balaban J connectivity index is 0.000000124. The molecule has 5 heteroatoms. The van der Waals surface area contributed by atoms with Gasteiger partial charge in [-0.2, -0.15) is 5.11 Å². The molecular weight excluding hydrogens is 194 g/mol. The first kappa shape index (κ1) is 9.26. The maximum atomic E-state index is 9.90. The molecule has 0 unspecified atom stereocenters. The molecule has 0 saturated carbocycles. The minimum Gasteiger partial charge on any atom is -0.356 e. The number of para-hydroxylation sites is 1. The summed E-state index contributed by atoms with van der Waals surface area (Å²) < 4.78 is 4.87. The average Bonchev–Trinajstić information content (AvgIpc) is 2.88. The highest BCUT2D eigenvalue weighted by Gasteiger charge is 1.92. The van der Waals surface area contributed by atoms with E-state index >= 15 is 0 Å². The number of azo groups is 1. The number of nitrogens with zero attached hydrogens (tertiary/aromatic N) is 3. The lowest BCUT2D eigenvalue weighted by Crippen LogP contribution is -1.74. The summed E-state index contributed by atoms with van der Waals surface area (Å²) in [6.45, 7) is 0. The molecule has 0 spiro atoms. The van der Waals surface area contributed by atoms with Crippen LogP contribution in [0.25, 0.3) is 11.0 Å². The fourth-order valence-corrected chi connectivity index (χ4v) is 1.03. The molecule has 0 aliphatic carbocycles. The summed E-state index contributed by atoms with van der Waals surface area (Å²) in [6.07, 6.45) is 4.37. The Bertz CT molecular complexity index is 484. The third-order valence-electron chi connectivity index (χ3n) is 1.70. The highest BCUT2D eigenvalue weighted by Crippen LogP contribution is 2.10. The molecular formula is C10H7N3O2. The van der Waals surface area contributed by atoms with Crippen LogP contribution in [0.1, 0.15) is 0 Å². The van der Waals surface area contributed by atoms with Crippen molar-refractivity contribution in [3.05, 3.63) is 42.7 Å². The largest absolute Gasteiger partial charge is 0.356 e. The van der Waals surface area contributed by atoms with E-state index in [0.29, 0.717) is 0 Å². The number of benzene rings is 1. The quantitative estimate of drug-likeness (QED) is 0.656. The van der Waals surface area contributed by atoms with Crippen LogP contribution in [0.4, 0.5) is 0 Å². The number of aromatic nitrogens is 1. The van der Waals surface area contributed by atoms with Crippen molar-refractivity contribution in [2.75, 3.05) is 0 Å². The molecule has 1 aromatic heterocycles. The zero-order chi connectivity index (χ0) is 10.5. The second kappa shape index (κ2) is 4.28. The second-order valence-electron chi connectivity index (χ2n) is 2.73. The summed E-state index contributed by atoms with van der Waals surface area (Å²) in [5, 5.41) is 11.0. The normalized spacial score (nSPS) is 12.9. The Hall–Kier alpha value is -2.30. The molecule has 15 heavy (non-hydrogen) atoms. The molecule has 0 saturated heterocycles. The van der Waals surface area contributed by atoms with E-state index in [2.05, 4.69) is 15.4 Å². The molecule has 5 nitrogen and oxygen atoms in total. The van der Waals surface area contributed by atoms with Crippen LogP contribution in [0.3, 0.4) is 0 Å². The molecule has 0 radical (unpaired) electrons. The smallest absolute Gasteiger partial charge is 0.289 e. The topological polar surface area (TPSA) is 67.8 Å². The predicted molar refractivity (Wildman–Crippen MR) is 53.0 cm³/mol. The van der Waals surface area contributed by atoms with Crippen LogP contribution < -0.4 is 0 Å². The summed E-state index contributed by atoms with van der Waals surface area (Å²) in [7, 11) is 0. The third kappa shape index (κ3) is 2.34. The van der Waals surface area contributed by atoms with E-state index in [4.69, 9.17) is 4.52 Å². The van der Waals surface area contributed by atoms with E-state index in [9.17, 15) is 4.79 Å². The number of hydrogen-bond acceptors (Lipinski definition) is 4. The van der Waals surface area contributed by atoms with E-state index in [1.165, 1.54) is 12.3 Å². The van der Waals surface area contributed by atoms with Crippen molar-refractivity contribution in [3.8, 4) is 0 Å². The van der Waals surface area contributed by atoms with Gasteiger partial charge in [-0.25, -0.2) is 0 Å². The molecule has 2 heterocycles. The van der Waals surface area contributed by atoms with E-state index in [1.54, 1.807) is 6.20 Å². The first-order chi connectivity index (χ1) is 7.36. The van der Waals surface area contributed by atoms with Gasteiger partial charge in [-0.15, -0.1) is 5.11 Å². The fraction of sp³-hybridized carbons (Fsp3) is 0. The number of carbonyl (C=O) groups is 1. The van der Waals surface area contributed by atoms with Crippen molar-refractivity contribution in [1.29, 1.82) is 0 Å². The minimum atomic E-state index is -0.269. The highest BCUT2D eigenvalue weighted by atomic mass is 16.5. The molecule has 0 N–H and O–H groups in total. The zero-order valence-electron chi connectivity index (χ0n) is 7.70. The van der Waals surface area contributed by atoms with Crippen molar-refractivity contribution in [3.63, 3.8) is 0 Å². The lowest BCUT2D eigenvalue weighted by molar-refractivity contribution is -0.113. The van der Waals surface area contributed by atoms with Gasteiger partial charge in [0.25, 0.3) is 5.91 Å². The van der Waals surface area contributed by atoms with Gasteiger partial charge in [0, 0.05) is 11.5 Å². The van der Waals surface area contributed by atoms with E-state index < -0.39 is 0 Å². The number of rotatable bonds is 0. The van der Waals surface area contributed by atoms with E-state index in [1.807, 2.05) is 24.3 Å². The van der Waals surface area contributed by atoms with Crippen molar-refractivity contribution >= 4 is 16.9 Å². The van der Waals surface area contributed by atoms with Crippen molar-refractivity contribution in [2.24, 2.45) is 10.2 Å².